The summed E-state index contributed by atoms with van der Waals surface area (Å²) in [5, 5.41) is 2.88. The van der Waals surface area contributed by atoms with Crippen molar-refractivity contribution in [3.63, 3.8) is 0 Å². The Bertz CT molecular complexity index is 965. The fourth-order valence-corrected chi connectivity index (χ4v) is 4.53. The monoisotopic (exact) mass is 438 g/mol. The Morgan fingerprint density at radius 2 is 1.75 bits per heavy atom. The molecule has 7 heteroatoms. The number of piperidine rings is 1. The summed E-state index contributed by atoms with van der Waals surface area (Å²) in [4.78, 5) is 36.6. The molecule has 0 spiro atoms. The average molecular weight is 439 g/mol. The van der Waals surface area contributed by atoms with Crippen LogP contribution in [0.5, 0.6) is 0 Å². The second-order valence-electron chi connectivity index (χ2n) is 9.06. The van der Waals surface area contributed by atoms with Gasteiger partial charge in [-0.15, -0.1) is 0 Å². The molecule has 0 radical (unpaired) electrons. The van der Waals surface area contributed by atoms with Gasteiger partial charge in [-0.3, -0.25) is 9.59 Å². The van der Waals surface area contributed by atoms with E-state index in [1.54, 1.807) is 12.1 Å². The minimum absolute atomic E-state index is 0.119. The summed E-state index contributed by atoms with van der Waals surface area (Å²) in [5.74, 6) is 1.02. The van der Waals surface area contributed by atoms with Crippen LogP contribution in [0.25, 0.3) is 0 Å². The van der Waals surface area contributed by atoms with Crippen LogP contribution >= 0.6 is 0 Å². The molecule has 0 bridgehead atoms. The van der Waals surface area contributed by atoms with Gasteiger partial charge in [0.25, 0.3) is 0 Å². The van der Waals surface area contributed by atoms with Gasteiger partial charge in [0.1, 0.15) is 11.6 Å². The quantitative estimate of drug-likeness (QED) is 0.748. The van der Waals surface area contributed by atoms with Crippen LogP contribution in [0, 0.1) is 25.6 Å². The van der Waals surface area contributed by atoms with E-state index in [0.29, 0.717) is 19.0 Å². The number of hydrogen-bond donors (Lipinski definition) is 1. The Hall–Kier alpha value is -2.83. The highest BCUT2D eigenvalue weighted by atomic mass is 19.1. The molecule has 2 aliphatic rings. The zero-order valence-electron chi connectivity index (χ0n) is 18.9. The van der Waals surface area contributed by atoms with Crippen LogP contribution < -0.4 is 5.32 Å². The second kappa shape index (κ2) is 9.76. The number of aromatic nitrogens is 2. The van der Waals surface area contributed by atoms with Crippen LogP contribution in [0.3, 0.4) is 0 Å². The van der Waals surface area contributed by atoms with Crippen LogP contribution in [0.2, 0.25) is 0 Å². The van der Waals surface area contributed by atoms with Crippen molar-refractivity contribution >= 4 is 11.8 Å². The normalized spacial score (nSPS) is 18.8. The number of hydrogen-bond acceptors (Lipinski definition) is 4. The van der Waals surface area contributed by atoms with Crippen LogP contribution in [0.1, 0.15) is 66.4 Å². The molecule has 1 atom stereocenters. The van der Waals surface area contributed by atoms with Gasteiger partial charge in [0.05, 0.1) is 6.42 Å². The molecule has 1 aromatic heterocycles. The van der Waals surface area contributed by atoms with Gasteiger partial charge < -0.3 is 10.2 Å². The lowest BCUT2D eigenvalue weighted by Crippen LogP contribution is -2.44. The standard InChI is InChI=1S/C25H31FN4O2/c1-16-22(13-23(31)27-14-18-8-10-21(26)11-9-18)17(2)29-24(28-16)20-7-4-12-30(15-20)25(32)19-5-3-6-19/h8-11,19-20H,3-7,12-15H2,1-2H3,(H,27,31). The first-order valence-corrected chi connectivity index (χ1v) is 11.5. The summed E-state index contributed by atoms with van der Waals surface area (Å²) in [5.41, 5.74) is 3.31. The zero-order valence-corrected chi connectivity index (χ0v) is 18.9. The first kappa shape index (κ1) is 22.4. The predicted molar refractivity (Wildman–Crippen MR) is 119 cm³/mol. The van der Waals surface area contributed by atoms with Gasteiger partial charge in [0, 0.05) is 48.4 Å². The summed E-state index contributed by atoms with van der Waals surface area (Å²) < 4.78 is 13.0. The van der Waals surface area contributed by atoms with Gasteiger partial charge >= 0.3 is 0 Å². The van der Waals surface area contributed by atoms with Gasteiger partial charge in [-0.2, -0.15) is 0 Å². The number of likely N-dealkylation sites (tertiary alicyclic amines) is 1. The Labute approximate surface area is 188 Å². The summed E-state index contributed by atoms with van der Waals surface area (Å²) in [6, 6.07) is 6.09. The van der Waals surface area contributed by atoms with E-state index in [2.05, 4.69) is 5.32 Å². The van der Waals surface area contributed by atoms with Gasteiger partial charge in [-0.05, 0) is 57.2 Å². The molecule has 1 saturated carbocycles. The van der Waals surface area contributed by atoms with Crippen molar-refractivity contribution < 1.29 is 14.0 Å². The Morgan fingerprint density at radius 3 is 2.38 bits per heavy atom. The molecular weight excluding hydrogens is 407 g/mol. The van der Waals surface area contributed by atoms with E-state index in [0.717, 1.165) is 67.0 Å². The first-order chi connectivity index (χ1) is 15.4. The maximum absolute atomic E-state index is 13.0. The molecule has 1 unspecified atom stereocenters. The minimum Gasteiger partial charge on any atom is -0.352 e. The number of aryl methyl sites for hydroxylation is 2. The van der Waals surface area contributed by atoms with Crippen molar-refractivity contribution in [2.45, 2.75) is 64.8 Å². The smallest absolute Gasteiger partial charge is 0.225 e. The van der Waals surface area contributed by atoms with Crippen molar-refractivity contribution in [3.8, 4) is 0 Å². The molecule has 170 valence electrons. The second-order valence-corrected chi connectivity index (χ2v) is 9.06. The lowest BCUT2D eigenvalue weighted by Gasteiger charge is -2.37. The molecule has 2 fully saturated rings. The number of nitrogens with one attached hydrogen (secondary N) is 1. The van der Waals surface area contributed by atoms with Crippen molar-refractivity contribution in [2.75, 3.05) is 13.1 Å². The van der Waals surface area contributed by atoms with Gasteiger partial charge in [0.15, 0.2) is 0 Å². The fourth-order valence-electron chi connectivity index (χ4n) is 4.53. The Morgan fingerprint density at radius 1 is 1.06 bits per heavy atom. The van der Waals surface area contributed by atoms with Crippen LogP contribution in [-0.4, -0.2) is 39.8 Å². The SMILES string of the molecule is Cc1nc(C2CCCN(C(=O)C3CCC3)C2)nc(C)c1CC(=O)NCc1ccc(F)cc1. The molecule has 32 heavy (non-hydrogen) atoms. The number of benzene rings is 1. The lowest BCUT2D eigenvalue weighted by molar-refractivity contribution is -0.139. The van der Waals surface area contributed by atoms with Crippen LogP contribution in [0.4, 0.5) is 4.39 Å². The largest absolute Gasteiger partial charge is 0.352 e. The summed E-state index contributed by atoms with van der Waals surface area (Å²) in [6.45, 7) is 5.70. The Kier molecular flexibility index (Phi) is 6.82. The summed E-state index contributed by atoms with van der Waals surface area (Å²) in [6.07, 6.45) is 5.35. The summed E-state index contributed by atoms with van der Waals surface area (Å²) in [7, 11) is 0. The van der Waals surface area contributed by atoms with Crippen LogP contribution in [0.15, 0.2) is 24.3 Å². The predicted octanol–water partition coefficient (Wildman–Crippen LogP) is 3.60. The van der Waals surface area contributed by atoms with E-state index in [4.69, 9.17) is 9.97 Å². The van der Waals surface area contributed by atoms with Gasteiger partial charge in [-0.25, -0.2) is 14.4 Å². The summed E-state index contributed by atoms with van der Waals surface area (Å²) >= 11 is 0. The number of carbonyl (C=O) groups is 2. The van der Waals surface area contributed by atoms with E-state index in [1.807, 2.05) is 18.7 Å². The van der Waals surface area contributed by atoms with E-state index in [9.17, 15) is 14.0 Å². The average Bonchev–Trinajstić information content (AvgIpc) is 2.74. The molecule has 2 heterocycles. The topological polar surface area (TPSA) is 75.2 Å². The molecule has 1 aliphatic carbocycles. The molecule has 1 N–H and O–H groups in total. The maximum atomic E-state index is 13.0. The highest BCUT2D eigenvalue weighted by Crippen LogP contribution is 2.32. The van der Waals surface area contributed by atoms with E-state index < -0.39 is 0 Å². The first-order valence-electron chi connectivity index (χ1n) is 11.5. The molecule has 1 saturated heterocycles. The molecule has 2 aromatic rings. The van der Waals surface area contributed by atoms with Gasteiger partial charge in [0.2, 0.25) is 11.8 Å². The third-order valence-corrected chi connectivity index (χ3v) is 6.73. The highest BCUT2D eigenvalue weighted by molar-refractivity contribution is 5.80. The number of halogens is 1. The number of carbonyl (C=O) groups excluding carboxylic acids is 2. The molecule has 6 nitrogen and oxygen atoms in total. The third kappa shape index (κ3) is 5.14. The highest BCUT2D eigenvalue weighted by Gasteiger charge is 2.33. The minimum atomic E-state index is -0.294. The number of nitrogens with zero attached hydrogens (tertiary/aromatic N) is 3. The van der Waals surface area contributed by atoms with E-state index >= 15 is 0 Å². The Balaban J connectivity index is 1.38. The van der Waals surface area contributed by atoms with Crippen molar-refractivity contribution in [1.82, 2.24) is 20.2 Å². The van der Waals surface area contributed by atoms with E-state index in [1.165, 1.54) is 12.1 Å². The molecular formula is C25H31FN4O2. The fraction of sp³-hybridized carbons (Fsp3) is 0.520. The van der Waals surface area contributed by atoms with Crippen molar-refractivity contribution in [1.29, 1.82) is 0 Å². The molecule has 1 aromatic carbocycles. The van der Waals surface area contributed by atoms with E-state index in [-0.39, 0.29) is 30.0 Å². The van der Waals surface area contributed by atoms with Gasteiger partial charge in [-0.1, -0.05) is 18.6 Å². The van der Waals surface area contributed by atoms with Crippen molar-refractivity contribution in [3.05, 3.63) is 58.4 Å². The molecule has 4 rings (SSSR count). The lowest BCUT2D eigenvalue weighted by atomic mass is 9.83. The molecule has 2 amide bonds. The zero-order chi connectivity index (χ0) is 22.7. The molecule has 1 aliphatic heterocycles. The van der Waals surface area contributed by atoms with Crippen molar-refractivity contribution in [2.24, 2.45) is 5.92 Å². The number of amides is 2. The number of rotatable bonds is 6. The maximum Gasteiger partial charge on any atom is 0.225 e. The third-order valence-electron chi connectivity index (χ3n) is 6.73. The van der Waals surface area contributed by atoms with Crippen LogP contribution in [-0.2, 0) is 22.6 Å².